The fourth-order valence-corrected chi connectivity index (χ4v) is 5.51. The van der Waals surface area contributed by atoms with Crippen molar-refractivity contribution in [2.75, 3.05) is 18.0 Å². The average molecular weight is 510 g/mol. The first-order valence-corrected chi connectivity index (χ1v) is 12.9. The Hall–Kier alpha value is -4.39. The fourth-order valence-electron chi connectivity index (χ4n) is 5.51. The number of benzene rings is 3. The molecule has 1 saturated heterocycles. The summed E-state index contributed by atoms with van der Waals surface area (Å²) < 4.78 is 17.7. The van der Waals surface area contributed by atoms with Crippen molar-refractivity contribution in [3.8, 4) is 5.75 Å². The Balaban J connectivity index is 1.66. The van der Waals surface area contributed by atoms with Gasteiger partial charge in [-0.25, -0.2) is 4.79 Å². The zero-order valence-electron chi connectivity index (χ0n) is 21.3. The Kier molecular flexibility index (Phi) is 5.98. The molecule has 3 heterocycles. The first-order valence-electron chi connectivity index (χ1n) is 12.9. The van der Waals surface area contributed by atoms with E-state index in [9.17, 15) is 14.4 Å². The van der Waals surface area contributed by atoms with Gasteiger partial charge in [0.1, 0.15) is 16.9 Å². The minimum Gasteiger partial charge on any atom is -0.440 e. The molecular weight excluding hydrogens is 482 g/mol. The van der Waals surface area contributed by atoms with Gasteiger partial charge in [-0.3, -0.25) is 9.59 Å². The van der Waals surface area contributed by atoms with E-state index in [0.717, 1.165) is 48.7 Å². The Morgan fingerprint density at radius 1 is 0.921 bits per heavy atom. The molecule has 0 bridgehead atoms. The summed E-state index contributed by atoms with van der Waals surface area (Å²) in [6.45, 7) is 4.69. The molecule has 5 aromatic rings. The molecule has 1 aliphatic heterocycles. The molecule has 38 heavy (non-hydrogen) atoms. The second-order valence-corrected chi connectivity index (χ2v) is 9.86. The van der Waals surface area contributed by atoms with Crippen molar-refractivity contribution in [1.29, 1.82) is 0 Å². The molecule has 0 atom stereocenters. The molecule has 192 valence electrons. The van der Waals surface area contributed by atoms with E-state index in [2.05, 4.69) is 4.90 Å². The maximum Gasteiger partial charge on any atom is 0.336 e. The lowest BCUT2D eigenvalue weighted by molar-refractivity contribution is -0.131. The van der Waals surface area contributed by atoms with Crippen molar-refractivity contribution < 1.29 is 18.4 Å². The van der Waals surface area contributed by atoms with Gasteiger partial charge in [-0.2, -0.15) is 0 Å². The molecule has 0 spiro atoms. The molecule has 0 N–H and O–H groups in total. The highest BCUT2D eigenvalue weighted by atomic mass is 16.5. The van der Waals surface area contributed by atoms with Crippen LogP contribution in [-0.4, -0.2) is 19.1 Å². The third-order valence-corrected chi connectivity index (χ3v) is 7.29. The minimum atomic E-state index is -0.510. The van der Waals surface area contributed by atoms with Crippen LogP contribution in [0.3, 0.4) is 0 Å². The van der Waals surface area contributed by atoms with E-state index in [4.69, 9.17) is 13.6 Å². The van der Waals surface area contributed by atoms with E-state index in [0.29, 0.717) is 38.9 Å². The predicted octanol–water partition coefficient (Wildman–Crippen LogP) is 5.87. The summed E-state index contributed by atoms with van der Waals surface area (Å²) in [5, 5.41) is 2.97. The molecule has 6 rings (SSSR count). The van der Waals surface area contributed by atoms with E-state index in [1.165, 1.54) is 13.0 Å². The van der Waals surface area contributed by atoms with Gasteiger partial charge in [0.05, 0.1) is 10.9 Å². The highest BCUT2D eigenvalue weighted by Crippen LogP contribution is 2.35. The first-order chi connectivity index (χ1) is 18.4. The van der Waals surface area contributed by atoms with Crippen LogP contribution in [0.2, 0.25) is 0 Å². The quantitative estimate of drug-likeness (QED) is 0.130. The lowest BCUT2D eigenvalue weighted by Gasteiger charge is -2.29. The van der Waals surface area contributed by atoms with Crippen molar-refractivity contribution in [1.82, 2.24) is 0 Å². The summed E-state index contributed by atoms with van der Waals surface area (Å²) in [5.74, 6) is 0.257. The van der Waals surface area contributed by atoms with Crippen molar-refractivity contribution in [3.63, 3.8) is 0 Å². The van der Waals surface area contributed by atoms with Gasteiger partial charge in [-0.1, -0.05) is 30.3 Å². The molecule has 0 aliphatic carbocycles. The van der Waals surface area contributed by atoms with Crippen LogP contribution in [0.4, 0.5) is 5.88 Å². The van der Waals surface area contributed by atoms with Gasteiger partial charge in [-0.05, 0) is 60.7 Å². The Labute approximate surface area is 218 Å². The molecular formula is C31H27NO6. The lowest BCUT2D eigenvalue weighted by atomic mass is 9.97. The first kappa shape index (κ1) is 24.0. The number of carbonyl (C=O) groups excluding carboxylic acids is 1. The van der Waals surface area contributed by atoms with Gasteiger partial charge in [0.25, 0.3) is 0 Å². The SMILES string of the molecule is CC(=O)Oc1ccc2c(C)cc(=O)oc2c1Cc1c(N2CCCCC2)oc2ccc3ccccc3c2c1=O. The molecule has 2 aromatic heterocycles. The van der Waals surface area contributed by atoms with Crippen molar-refractivity contribution in [2.45, 2.75) is 39.5 Å². The summed E-state index contributed by atoms with van der Waals surface area (Å²) in [5.41, 5.74) is 1.81. The van der Waals surface area contributed by atoms with Gasteiger partial charge < -0.3 is 18.5 Å². The second-order valence-electron chi connectivity index (χ2n) is 9.86. The Bertz CT molecular complexity index is 1840. The molecule has 0 unspecified atom stereocenters. The Morgan fingerprint density at radius 3 is 2.50 bits per heavy atom. The molecule has 1 fully saturated rings. The number of hydrogen-bond acceptors (Lipinski definition) is 7. The van der Waals surface area contributed by atoms with Crippen molar-refractivity contribution in [3.05, 3.63) is 91.9 Å². The van der Waals surface area contributed by atoms with Gasteiger partial charge in [0, 0.05) is 43.5 Å². The van der Waals surface area contributed by atoms with Crippen LogP contribution in [0, 0.1) is 6.92 Å². The highest BCUT2D eigenvalue weighted by Gasteiger charge is 2.25. The number of nitrogens with zero attached hydrogens (tertiary/aromatic N) is 1. The Morgan fingerprint density at radius 2 is 1.71 bits per heavy atom. The largest absolute Gasteiger partial charge is 0.440 e. The molecule has 0 saturated carbocycles. The maximum atomic E-state index is 14.3. The van der Waals surface area contributed by atoms with Crippen LogP contribution in [0.25, 0.3) is 32.7 Å². The maximum absolute atomic E-state index is 14.3. The normalized spacial score (nSPS) is 13.9. The highest BCUT2D eigenvalue weighted by molar-refractivity contribution is 6.06. The number of aryl methyl sites for hydroxylation is 1. The smallest absolute Gasteiger partial charge is 0.336 e. The van der Waals surface area contributed by atoms with Crippen LogP contribution in [0.15, 0.2) is 73.0 Å². The van der Waals surface area contributed by atoms with Crippen LogP contribution >= 0.6 is 0 Å². The number of carbonyl (C=O) groups is 1. The second kappa shape index (κ2) is 9.49. The van der Waals surface area contributed by atoms with Crippen molar-refractivity contribution in [2.24, 2.45) is 0 Å². The molecule has 0 radical (unpaired) electrons. The van der Waals surface area contributed by atoms with E-state index in [-0.39, 0.29) is 17.6 Å². The standard InChI is InChI=1S/C31H27NO6/c1-18-16-27(34)38-30-21(18)11-13-25(36-19(2)33)23(30)17-24-29(35)28-22-9-5-4-8-20(22)10-12-26(28)37-31(24)32-14-6-3-7-15-32/h4-5,8-13,16H,3,6-7,14-15,17H2,1-2H3. The fraction of sp³-hybridized carbons (Fsp3) is 0.258. The lowest BCUT2D eigenvalue weighted by Crippen LogP contribution is -2.32. The van der Waals surface area contributed by atoms with Gasteiger partial charge in [0.2, 0.25) is 5.88 Å². The molecule has 3 aromatic carbocycles. The van der Waals surface area contributed by atoms with Gasteiger partial charge >= 0.3 is 11.6 Å². The summed E-state index contributed by atoms with van der Waals surface area (Å²) in [6, 6.07) is 16.4. The third-order valence-electron chi connectivity index (χ3n) is 7.29. The van der Waals surface area contributed by atoms with Crippen molar-refractivity contribution >= 4 is 44.6 Å². The number of anilines is 1. The molecule has 1 aliphatic rings. The number of fused-ring (bicyclic) bond motifs is 4. The number of rotatable bonds is 4. The number of hydrogen-bond donors (Lipinski definition) is 0. The summed E-state index contributed by atoms with van der Waals surface area (Å²) >= 11 is 0. The molecule has 7 heteroatoms. The van der Waals surface area contributed by atoms with E-state index in [1.807, 2.05) is 43.3 Å². The number of ether oxygens (including phenoxy) is 1. The molecule has 0 amide bonds. The van der Waals surface area contributed by atoms with Crippen LogP contribution in [0.1, 0.15) is 42.9 Å². The van der Waals surface area contributed by atoms with E-state index in [1.54, 1.807) is 12.1 Å². The molecule has 7 nitrogen and oxygen atoms in total. The topological polar surface area (TPSA) is 90.0 Å². The van der Waals surface area contributed by atoms with E-state index < -0.39 is 11.6 Å². The monoisotopic (exact) mass is 509 g/mol. The predicted molar refractivity (Wildman–Crippen MR) is 147 cm³/mol. The number of esters is 1. The number of piperidine rings is 1. The minimum absolute atomic E-state index is 0.0691. The average Bonchev–Trinajstić information content (AvgIpc) is 2.91. The van der Waals surface area contributed by atoms with Gasteiger partial charge in [0.15, 0.2) is 5.43 Å². The van der Waals surface area contributed by atoms with Crippen LogP contribution in [0.5, 0.6) is 5.75 Å². The zero-order chi connectivity index (χ0) is 26.4. The van der Waals surface area contributed by atoms with Gasteiger partial charge in [-0.15, -0.1) is 0 Å². The van der Waals surface area contributed by atoms with Crippen LogP contribution < -0.4 is 20.7 Å². The zero-order valence-corrected chi connectivity index (χ0v) is 21.3. The third kappa shape index (κ3) is 4.14. The van der Waals surface area contributed by atoms with E-state index >= 15 is 0 Å². The summed E-state index contributed by atoms with van der Waals surface area (Å²) in [7, 11) is 0. The summed E-state index contributed by atoms with van der Waals surface area (Å²) in [4.78, 5) is 40.8. The summed E-state index contributed by atoms with van der Waals surface area (Å²) in [6.07, 6.45) is 3.19. The van der Waals surface area contributed by atoms with Crippen LogP contribution in [-0.2, 0) is 11.2 Å².